The van der Waals surface area contributed by atoms with Crippen LogP contribution in [0.2, 0.25) is 5.02 Å². The van der Waals surface area contributed by atoms with Crippen molar-refractivity contribution >= 4 is 17.3 Å². The quantitative estimate of drug-likeness (QED) is 0.484. The average Bonchev–Trinajstić information content (AvgIpc) is 2.25. The molecule has 94 valence electrons. The molecule has 0 spiro atoms. The average molecular weight is 259 g/mol. The predicted molar refractivity (Wildman–Crippen MR) is 65.7 cm³/mol. The number of nitro groups is 1. The Balaban J connectivity index is 2.61. The largest absolute Gasteiger partial charge is 0.301 e. The van der Waals surface area contributed by atoms with Crippen LogP contribution in [0.1, 0.15) is 19.4 Å². The topological polar surface area (TPSA) is 64.4 Å². The zero-order valence-corrected chi connectivity index (χ0v) is 10.5. The minimum atomic E-state index is -0.453. The minimum absolute atomic E-state index is 0.00172. The lowest BCUT2D eigenvalue weighted by Crippen LogP contribution is -2.18. The van der Waals surface area contributed by atoms with E-state index in [1.54, 1.807) is 12.1 Å². The van der Waals surface area contributed by atoms with Crippen LogP contribution in [0.25, 0.3) is 0 Å². The molecule has 1 aromatic carbocycles. The van der Waals surface area contributed by atoms with Crippen molar-refractivity contribution in [2.24, 2.45) is 5.92 Å². The van der Waals surface area contributed by atoms with E-state index in [1.165, 1.54) is 6.07 Å². The van der Waals surface area contributed by atoms with Crippen LogP contribution in [0, 0.1) is 16.0 Å². The summed E-state index contributed by atoms with van der Waals surface area (Å²) in [5.41, 5.74) is 3.24. The molecule has 0 saturated carbocycles. The van der Waals surface area contributed by atoms with Gasteiger partial charge >= 0.3 is 0 Å². The second-order valence-corrected chi connectivity index (χ2v) is 4.49. The van der Waals surface area contributed by atoms with Crippen molar-refractivity contribution in [1.82, 2.24) is 5.48 Å². The van der Waals surface area contributed by atoms with Crippen LogP contribution in [0.15, 0.2) is 18.2 Å². The molecule has 0 aliphatic carbocycles. The van der Waals surface area contributed by atoms with E-state index in [0.717, 1.165) is 0 Å². The molecule has 1 aromatic rings. The molecule has 0 radical (unpaired) electrons. The number of rotatable bonds is 6. The summed E-state index contributed by atoms with van der Waals surface area (Å²) in [5, 5.41) is 11.1. The van der Waals surface area contributed by atoms with Gasteiger partial charge in [0, 0.05) is 16.7 Å². The first-order chi connectivity index (χ1) is 8.00. The SMILES string of the molecule is CC(C)CONCc1ccc(Cl)cc1[N+](=O)[O-]. The van der Waals surface area contributed by atoms with Gasteiger partial charge in [-0.05, 0) is 18.1 Å². The fourth-order valence-electron chi connectivity index (χ4n) is 1.21. The maximum Gasteiger partial charge on any atom is 0.275 e. The highest BCUT2D eigenvalue weighted by atomic mass is 35.5. The zero-order chi connectivity index (χ0) is 12.8. The summed E-state index contributed by atoms with van der Waals surface area (Å²) in [6.07, 6.45) is 0. The van der Waals surface area contributed by atoms with Crippen molar-refractivity contribution in [3.05, 3.63) is 38.9 Å². The lowest BCUT2D eigenvalue weighted by Gasteiger charge is -2.08. The molecule has 17 heavy (non-hydrogen) atoms. The Kier molecular flexibility index (Phi) is 5.34. The molecule has 1 N–H and O–H groups in total. The fraction of sp³-hybridized carbons (Fsp3) is 0.455. The van der Waals surface area contributed by atoms with Gasteiger partial charge in [0.05, 0.1) is 18.1 Å². The lowest BCUT2D eigenvalue weighted by molar-refractivity contribution is -0.385. The maximum atomic E-state index is 10.8. The molecule has 0 amide bonds. The van der Waals surface area contributed by atoms with Crippen molar-refractivity contribution in [2.75, 3.05) is 6.61 Å². The van der Waals surface area contributed by atoms with E-state index in [9.17, 15) is 10.1 Å². The third-order valence-corrected chi connectivity index (χ3v) is 2.26. The van der Waals surface area contributed by atoms with Crippen LogP contribution in [-0.4, -0.2) is 11.5 Å². The highest BCUT2D eigenvalue weighted by Crippen LogP contribution is 2.22. The number of nitrogens with one attached hydrogen (secondary N) is 1. The van der Waals surface area contributed by atoms with Gasteiger partial charge < -0.3 is 4.84 Å². The lowest BCUT2D eigenvalue weighted by atomic mass is 10.2. The molecule has 0 aliphatic heterocycles. The molecular weight excluding hydrogens is 244 g/mol. The Morgan fingerprint density at radius 1 is 1.53 bits per heavy atom. The summed E-state index contributed by atoms with van der Waals surface area (Å²) in [5.74, 6) is 0.405. The molecule has 0 aromatic heterocycles. The molecule has 5 nitrogen and oxygen atoms in total. The molecule has 0 atom stereocenters. The van der Waals surface area contributed by atoms with Gasteiger partial charge in [-0.15, -0.1) is 0 Å². The molecule has 6 heteroatoms. The van der Waals surface area contributed by atoms with Gasteiger partial charge in [-0.3, -0.25) is 10.1 Å². The van der Waals surface area contributed by atoms with Gasteiger partial charge in [0.1, 0.15) is 0 Å². The van der Waals surface area contributed by atoms with Gasteiger partial charge in [0.2, 0.25) is 0 Å². The van der Waals surface area contributed by atoms with Crippen molar-refractivity contribution in [3.63, 3.8) is 0 Å². The van der Waals surface area contributed by atoms with Crippen LogP contribution in [0.4, 0.5) is 5.69 Å². The van der Waals surface area contributed by atoms with Gasteiger partial charge in [-0.25, -0.2) is 0 Å². The number of hydrogen-bond donors (Lipinski definition) is 1. The number of hydrogen-bond acceptors (Lipinski definition) is 4. The first-order valence-corrected chi connectivity index (χ1v) is 5.66. The third kappa shape index (κ3) is 4.68. The summed E-state index contributed by atoms with van der Waals surface area (Å²) in [6.45, 7) is 4.88. The fourth-order valence-corrected chi connectivity index (χ4v) is 1.38. The van der Waals surface area contributed by atoms with Crippen LogP contribution in [0.5, 0.6) is 0 Å². The number of nitro benzene ring substituents is 1. The van der Waals surface area contributed by atoms with Crippen molar-refractivity contribution in [3.8, 4) is 0 Å². The third-order valence-electron chi connectivity index (χ3n) is 2.03. The summed E-state index contributed by atoms with van der Waals surface area (Å²) in [4.78, 5) is 15.5. The van der Waals surface area contributed by atoms with E-state index in [2.05, 4.69) is 5.48 Å². The molecular formula is C11H15ClN2O3. The normalized spacial score (nSPS) is 10.8. The maximum absolute atomic E-state index is 10.8. The molecule has 0 heterocycles. The van der Waals surface area contributed by atoms with Crippen LogP contribution < -0.4 is 5.48 Å². The first kappa shape index (κ1) is 13.9. The van der Waals surface area contributed by atoms with Crippen molar-refractivity contribution in [2.45, 2.75) is 20.4 Å². The Labute approximate surface area is 105 Å². The molecule has 0 aliphatic rings. The van der Waals surface area contributed by atoms with E-state index in [4.69, 9.17) is 16.4 Å². The Bertz CT molecular complexity index is 396. The number of hydroxylamine groups is 1. The summed E-state index contributed by atoms with van der Waals surface area (Å²) in [7, 11) is 0. The highest BCUT2D eigenvalue weighted by molar-refractivity contribution is 6.30. The molecule has 0 bridgehead atoms. The second kappa shape index (κ2) is 6.54. The number of nitrogens with zero attached hydrogens (tertiary/aromatic N) is 1. The molecule has 0 unspecified atom stereocenters. The Hall–Kier alpha value is -1.17. The van der Waals surface area contributed by atoms with E-state index >= 15 is 0 Å². The highest BCUT2D eigenvalue weighted by Gasteiger charge is 2.13. The van der Waals surface area contributed by atoms with Crippen LogP contribution in [-0.2, 0) is 11.4 Å². The van der Waals surface area contributed by atoms with Crippen LogP contribution in [0.3, 0.4) is 0 Å². The van der Waals surface area contributed by atoms with Crippen molar-refractivity contribution < 1.29 is 9.76 Å². The zero-order valence-electron chi connectivity index (χ0n) is 9.77. The van der Waals surface area contributed by atoms with Gasteiger partial charge in [-0.1, -0.05) is 25.4 Å². The molecule has 0 saturated heterocycles. The van der Waals surface area contributed by atoms with Gasteiger partial charge in [0.15, 0.2) is 0 Å². The Morgan fingerprint density at radius 3 is 2.82 bits per heavy atom. The van der Waals surface area contributed by atoms with E-state index in [0.29, 0.717) is 23.1 Å². The molecule has 1 rings (SSSR count). The summed E-state index contributed by atoms with van der Waals surface area (Å²) < 4.78 is 0. The van der Waals surface area contributed by atoms with Crippen LogP contribution >= 0.6 is 11.6 Å². The van der Waals surface area contributed by atoms with Gasteiger partial charge in [0.25, 0.3) is 5.69 Å². The second-order valence-electron chi connectivity index (χ2n) is 4.06. The van der Waals surface area contributed by atoms with E-state index < -0.39 is 4.92 Å². The van der Waals surface area contributed by atoms with Gasteiger partial charge in [-0.2, -0.15) is 5.48 Å². The first-order valence-electron chi connectivity index (χ1n) is 5.28. The summed E-state index contributed by atoms with van der Waals surface area (Å²) in [6, 6.07) is 4.57. The minimum Gasteiger partial charge on any atom is -0.301 e. The summed E-state index contributed by atoms with van der Waals surface area (Å²) >= 11 is 5.71. The number of halogens is 1. The monoisotopic (exact) mass is 258 g/mol. The van der Waals surface area contributed by atoms with Crippen molar-refractivity contribution in [1.29, 1.82) is 0 Å². The standard InChI is InChI=1S/C11H15ClN2O3/c1-8(2)7-17-13-6-9-3-4-10(12)5-11(9)14(15)16/h3-5,8,13H,6-7H2,1-2H3. The smallest absolute Gasteiger partial charge is 0.275 e. The number of benzene rings is 1. The predicted octanol–water partition coefficient (Wildman–Crippen LogP) is 2.93. The van der Waals surface area contributed by atoms with E-state index in [1.807, 2.05) is 13.8 Å². The Morgan fingerprint density at radius 2 is 2.24 bits per heavy atom. The van der Waals surface area contributed by atoms with E-state index in [-0.39, 0.29) is 12.2 Å². The molecule has 0 fully saturated rings.